The highest BCUT2D eigenvalue weighted by atomic mass is 16.3. The minimum absolute atomic E-state index is 0.109. The van der Waals surface area contributed by atoms with Gasteiger partial charge in [0.2, 0.25) is 0 Å². The second kappa shape index (κ2) is 7.14. The number of aromatic hydroxyl groups is 2. The van der Waals surface area contributed by atoms with Crippen molar-refractivity contribution >= 4 is 18.0 Å². The lowest BCUT2D eigenvalue weighted by Crippen LogP contribution is -2.05. The van der Waals surface area contributed by atoms with Gasteiger partial charge in [-0.1, -0.05) is 24.3 Å². The summed E-state index contributed by atoms with van der Waals surface area (Å²) in [7, 11) is 0. The molecule has 0 amide bonds. The number of anilines is 1. The van der Waals surface area contributed by atoms with Gasteiger partial charge in [-0.2, -0.15) is 0 Å². The van der Waals surface area contributed by atoms with E-state index in [4.69, 9.17) is 0 Å². The van der Waals surface area contributed by atoms with E-state index < -0.39 is 0 Å². The molecule has 0 aliphatic rings. The molecule has 21 heavy (non-hydrogen) atoms. The summed E-state index contributed by atoms with van der Waals surface area (Å²) in [6, 6.07) is 12.5. The number of nitrogens with one attached hydrogen (secondary N) is 1. The molecule has 0 fully saturated rings. The fourth-order valence-electron chi connectivity index (χ4n) is 2.01. The van der Waals surface area contributed by atoms with Gasteiger partial charge < -0.3 is 15.5 Å². The van der Waals surface area contributed by atoms with Crippen LogP contribution in [0.1, 0.15) is 11.1 Å². The maximum absolute atomic E-state index is 10.4. The van der Waals surface area contributed by atoms with Gasteiger partial charge in [0.1, 0.15) is 6.29 Å². The Morgan fingerprint density at radius 3 is 2.62 bits per heavy atom. The van der Waals surface area contributed by atoms with Crippen molar-refractivity contribution in [2.45, 2.75) is 6.42 Å². The molecule has 0 radical (unpaired) electrons. The second-order valence-corrected chi connectivity index (χ2v) is 4.58. The van der Waals surface area contributed by atoms with Gasteiger partial charge in [0.25, 0.3) is 0 Å². The number of aldehydes is 1. The number of benzene rings is 2. The molecule has 0 bridgehead atoms. The summed E-state index contributed by atoms with van der Waals surface area (Å²) in [5, 5.41) is 22.0. The fourth-order valence-corrected chi connectivity index (χ4v) is 2.01. The predicted octanol–water partition coefficient (Wildman–Crippen LogP) is 2.96. The fraction of sp³-hybridized carbons (Fsp3) is 0.118. The standard InChI is InChI=1S/C17H17NO3/c19-11-3-5-14-4-1-2-6-15(14)18-10-9-13-7-8-16(20)17(21)12-13/h1-8,11-12,18,20-21H,9-10H2. The lowest BCUT2D eigenvalue weighted by molar-refractivity contribution is -0.104. The monoisotopic (exact) mass is 283 g/mol. The Morgan fingerprint density at radius 1 is 1.05 bits per heavy atom. The molecule has 2 rings (SSSR count). The predicted molar refractivity (Wildman–Crippen MR) is 83.5 cm³/mol. The van der Waals surface area contributed by atoms with E-state index in [0.717, 1.165) is 23.1 Å². The molecule has 4 heteroatoms. The highest BCUT2D eigenvalue weighted by Crippen LogP contribution is 2.25. The van der Waals surface area contributed by atoms with Crippen molar-refractivity contribution in [1.82, 2.24) is 0 Å². The molecule has 0 heterocycles. The van der Waals surface area contributed by atoms with Crippen LogP contribution in [0.2, 0.25) is 0 Å². The van der Waals surface area contributed by atoms with Crippen molar-refractivity contribution in [2.24, 2.45) is 0 Å². The quantitative estimate of drug-likeness (QED) is 0.433. The molecule has 2 aromatic carbocycles. The Labute approximate surface area is 123 Å². The highest BCUT2D eigenvalue weighted by molar-refractivity contribution is 5.77. The minimum Gasteiger partial charge on any atom is -0.504 e. The maximum atomic E-state index is 10.4. The van der Waals surface area contributed by atoms with Crippen LogP contribution in [0.4, 0.5) is 5.69 Å². The number of rotatable bonds is 6. The zero-order valence-electron chi connectivity index (χ0n) is 11.5. The molecule has 0 atom stereocenters. The van der Waals surface area contributed by atoms with E-state index in [-0.39, 0.29) is 11.5 Å². The summed E-state index contributed by atoms with van der Waals surface area (Å²) in [6.07, 6.45) is 4.66. The maximum Gasteiger partial charge on any atom is 0.157 e. The Bertz CT molecular complexity index is 650. The number of hydrogen-bond donors (Lipinski definition) is 3. The summed E-state index contributed by atoms with van der Waals surface area (Å²) in [6.45, 7) is 0.677. The van der Waals surface area contributed by atoms with Gasteiger partial charge in [-0.05, 0) is 47.9 Å². The van der Waals surface area contributed by atoms with Crippen molar-refractivity contribution in [2.75, 3.05) is 11.9 Å². The van der Waals surface area contributed by atoms with E-state index in [1.807, 2.05) is 24.3 Å². The number of carbonyl (C=O) groups is 1. The van der Waals surface area contributed by atoms with Gasteiger partial charge >= 0.3 is 0 Å². The lowest BCUT2D eigenvalue weighted by atomic mass is 10.1. The average Bonchev–Trinajstić information content (AvgIpc) is 2.50. The Balaban J connectivity index is 1.98. The highest BCUT2D eigenvalue weighted by Gasteiger charge is 2.02. The Hall–Kier alpha value is -2.75. The molecule has 0 spiro atoms. The number of para-hydroxylation sites is 1. The van der Waals surface area contributed by atoms with Gasteiger partial charge in [-0.3, -0.25) is 4.79 Å². The molecule has 0 unspecified atom stereocenters. The first-order chi connectivity index (χ1) is 10.2. The molecule has 0 saturated heterocycles. The molecule has 0 aliphatic carbocycles. The summed E-state index contributed by atoms with van der Waals surface area (Å²) in [4.78, 5) is 10.4. The van der Waals surface area contributed by atoms with Gasteiger partial charge in [0.15, 0.2) is 11.5 Å². The normalized spacial score (nSPS) is 10.7. The Morgan fingerprint density at radius 2 is 1.86 bits per heavy atom. The topological polar surface area (TPSA) is 69.6 Å². The summed E-state index contributed by atoms with van der Waals surface area (Å²) in [5.74, 6) is -0.224. The van der Waals surface area contributed by atoms with Gasteiger partial charge in [0.05, 0.1) is 0 Å². The minimum atomic E-state index is -0.115. The van der Waals surface area contributed by atoms with Crippen LogP contribution in [0.25, 0.3) is 6.08 Å². The molecule has 2 aromatic rings. The van der Waals surface area contributed by atoms with Crippen molar-refractivity contribution < 1.29 is 15.0 Å². The largest absolute Gasteiger partial charge is 0.504 e. The van der Waals surface area contributed by atoms with Crippen LogP contribution < -0.4 is 5.32 Å². The SMILES string of the molecule is O=CC=Cc1ccccc1NCCc1ccc(O)c(O)c1. The van der Waals surface area contributed by atoms with Crippen molar-refractivity contribution in [3.05, 3.63) is 59.7 Å². The van der Waals surface area contributed by atoms with Crippen LogP contribution >= 0.6 is 0 Å². The van der Waals surface area contributed by atoms with E-state index in [1.165, 1.54) is 12.1 Å². The van der Waals surface area contributed by atoms with Crippen LogP contribution in [-0.4, -0.2) is 23.0 Å². The molecular weight excluding hydrogens is 266 g/mol. The van der Waals surface area contributed by atoms with E-state index in [1.54, 1.807) is 18.2 Å². The third-order valence-electron chi connectivity index (χ3n) is 3.08. The molecule has 0 aromatic heterocycles. The number of hydrogen-bond acceptors (Lipinski definition) is 4. The Kier molecular flexibility index (Phi) is 4.99. The van der Waals surface area contributed by atoms with Gasteiger partial charge in [-0.15, -0.1) is 0 Å². The third kappa shape index (κ3) is 4.11. The van der Waals surface area contributed by atoms with E-state index >= 15 is 0 Å². The van der Waals surface area contributed by atoms with Crippen LogP contribution in [0, 0.1) is 0 Å². The average molecular weight is 283 g/mol. The zero-order chi connectivity index (χ0) is 15.1. The first-order valence-corrected chi connectivity index (χ1v) is 6.66. The molecule has 0 saturated carbocycles. The summed E-state index contributed by atoms with van der Waals surface area (Å²) < 4.78 is 0. The van der Waals surface area contributed by atoms with Crippen LogP contribution in [-0.2, 0) is 11.2 Å². The number of phenolic OH excluding ortho intramolecular Hbond substituents is 2. The zero-order valence-corrected chi connectivity index (χ0v) is 11.5. The lowest BCUT2D eigenvalue weighted by Gasteiger charge is -2.10. The summed E-state index contributed by atoms with van der Waals surface area (Å²) in [5.41, 5.74) is 2.82. The first kappa shape index (κ1) is 14.7. The molecular formula is C17H17NO3. The number of carbonyl (C=O) groups excluding carboxylic acids is 1. The molecule has 3 N–H and O–H groups in total. The van der Waals surface area contributed by atoms with E-state index in [0.29, 0.717) is 13.0 Å². The first-order valence-electron chi connectivity index (χ1n) is 6.66. The van der Waals surface area contributed by atoms with Crippen molar-refractivity contribution in [1.29, 1.82) is 0 Å². The summed E-state index contributed by atoms with van der Waals surface area (Å²) >= 11 is 0. The number of allylic oxidation sites excluding steroid dienone is 1. The second-order valence-electron chi connectivity index (χ2n) is 4.58. The van der Waals surface area contributed by atoms with Crippen molar-refractivity contribution in [3.63, 3.8) is 0 Å². The van der Waals surface area contributed by atoms with Gasteiger partial charge in [-0.25, -0.2) is 0 Å². The molecule has 108 valence electrons. The molecule has 4 nitrogen and oxygen atoms in total. The molecule has 0 aliphatic heterocycles. The van der Waals surface area contributed by atoms with Crippen LogP contribution in [0.15, 0.2) is 48.5 Å². The van der Waals surface area contributed by atoms with E-state index in [9.17, 15) is 15.0 Å². The van der Waals surface area contributed by atoms with Crippen molar-refractivity contribution in [3.8, 4) is 11.5 Å². The smallest absolute Gasteiger partial charge is 0.157 e. The van der Waals surface area contributed by atoms with Gasteiger partial charge in [0, 0.05) is 12.2 Å². The third-order valence-corrected chi connectivity index (χ3v) is 3.08. The van der Waals surface area contributed by atoms with Crippen LogP contribution in [0.5, 0.6) is 11.5 Å². The van der Waals surface area contributed by atoms with E-state index in [2.05, 4.69) is 5.32 Å². The number of phenols is 2. The van der Waals surface area contributed by atoms with Crippen LogP contribution in [0.3, 0.4) is 0 Å².